The minimum Gasteiger partial charge on any atom is -0.394 e. The zero-order valence-corrected chi connectivity index (χ0v) is 9.67. The largest absolute Gasteiger partial charge is 0.394 e. The minimum atomic E-state index is -1.32. The molecule has 9 heteroatoms. The molecule has 1 aliphatic heterocycles. The Hall–Kier alpha value is -1.81. The molecule has 1 aliphatic rings. The first kappa shape index (κ1) is 12.2. The molecule has 0 amide bonds. The van der Waals surface area contributed by atoms with Crippen LogP contribution in [0, 0.1) is 0 Å². The Morgan fingerprint density at radius 3 is 2.89 bits per heavy atom. The molecule has 0 aliphatic carbocycles. The summed E-state index contributed by atoms with van der Waals surface area (Å²) in [5.41, 5.74) is -0.320. The maximum Gasteiger partial charge on any atom is 0.351 e. The molecule has 0 unspecified atom stereocenters. The van der Waals surface area contributed by atoms with Gasteiger partial charge >= 0.3 is 5.69 Å². The summed E-state index contributed by atoms with van der Waals surface area (Å²) in [7, 11) is 0. The van der Waals surface area contributed by atoms with Gasteiger partial charge in [-0.1, -0.05) is 0 Å². The molecule has 0 spiro atoms. The van der Waals surface area contributed by atoms with E-state index in [0.29, 0.717) is 11.0 Å². The van der Waals surface area contributed by atoms with Crippen LogP contribution in [0.4, 0.5) is 0 Å². The van der Waals surface area contributed by atoms with E-state index in [2.05, 4.69) is 15.2 Å². The van der Waals surface area contributed by atoms with E-state index in [1.807, 2.05) is 0 Å². The van der Waals surface area contributed by atoms with Gasteiger partial charge in [-0.25, -0.2) is 4.79 Å². The summed E-state index contributed by atoms with van der Waals surface area (Å²) < 4.78 is 6.34. The van der Waals surface area contributed by atoms with Gasteiger partial charge in [0.05, 0.1) is 18.2 Å². The van der Waals surface area contributed by atoms with Crippen LogP contribution in [0.15, 0.2) is 17.2 Å². The van der Waals surface area contributed by atoms with Crippen LogP contribution in [0.25, 0.3) is 11.0 Å². The Kier molecular flexibility index (Phi) is 2.82. The zero-order chi connectivity index (χ0) is 13.6. The smallest absolute Gasteiger partial charge is 0.351 e. The molecule has 1 fully saturated rings. The Labute approximate surface area is 106 Å². The first-order chi connectivity index (χ1) is 9.11. The van der Waals surface area contributed by atoms with Crippen molar-refractivity contribution in [2.24, 2.45) is 0 Å². The van der Waals surface area contributed by atoms with Gasteiger partial charge in [0.25, 0.3) is 0 Å². The molecule has 0 saturated carbocycles. The Balaban J connectivity index is 2.04. The lowest BCUT2D eigenvalue weighted by Crippen LogP contribution is -2.35. The molecule has 19 heavy (non-hydrogen) atoms. The van der Waals surface area contributed by atoms with Gasteiger partial charge in [0.15, 0.2) is 11.9 Å². The number of hydrogen-bond donors (Lipinski definition) is 4. The van der Waals surface area contributed by atoms with Crippen molar-refractivity contribution in [1.29, 1.82) is 0 Å². The summed E-state index contributed by atoms with van der Waals surface area (Å²) in [6, 6.07) is 0. The van der Waals surface area contributed by atoms with Gasteiger partial charge in [-0.05, 0) is 0 Å². The van der Waals surface area contributed by atoms with E-state index < -0.39 is 36.8 Å². The standard InChI is InChI=1S/C10H12N4O5/c15-3-5-6(16)7(17)9(19-5)14-2-4-1-11-13-8(4)12-10(14)18/h1-2,5-7,9,15-17H,3H2,(H,12,13,18)/t5-,6-,7-,9-/m1/s1. The summed E-state index contributed by atoms with van der Waals surface area (Å²) in [5, 5.41) is 35.4. The highest BCUT2D eigenvalue weighted by Gasteiger charge is 2.43. The highest BCUT2D eigenvalue weighted by Crippen LogP contribution is 2.28. The summed E-state index contributed by atoms with van der Waals surface area (Å²) in [4.78, 5) is 15.6. The van der Waals surface area contributed by atoms with Crippen molar-refractivity contribution < 1.29 is 20.1 Å². The third-order valence-corrected chi connectivity index (χ3v) is 3.15. The molecule has 4 atom stereocenters. The fourth-order valence-electron chi connectivity index (χ4n) is 2.12. The van der Waals surface area contributed by atoms with Crippen molar-refractivity contribution >= 4 is 11.0 Å². The second-order valence-corrected chi connectivity index (χ2v) is 4.33. The molecule has 2 aromatic rings. The number of nitrogens with zero attached hydrogens (tertiary/aromatic N) is 3. The quantitative estimate of drug-likeness (QED) is 0.482. The first-order valence-electron chi connectivity index (χ1n) is 5.66. The van der Waals surface area contributed by atoms with Crippen molar-refractivity contribution in [3.63, 3.8) is 0 Å². The SMILES string of the molecule is O=c1nc2[nH]ncc2cn1[C@@H]1O[C@H](CO)[C@@H](O)[C@H]1O. The number of ether oxygens (including phenoxy) is 1. The number of fused-ring (bicyclic) bond motifs is 1. The Bertz CT molecular complexity index is 653. The normalized spacial score (nSPS) is 31.1. The van der Waals surface area contributed by atoms with E-state index in [1.54, 1.807) is 0 Å². The van der Waals surface area contributed by atoms with Crippen LogP contribution in [0.5, 0.6) is 0 Å². The molecule has 2 aromatic heterocycles. The summed E-state index contributed by atoms with van der Waals surface area (Å²) in [6.45, 7) is -0.454. The van der Waals surface area contributed by atoms with Crippen molar-refractivity contribution in [2.45, 2.75) is 24.5 Å². The number of aliphatic hydroxyl groups excluding tert-OH is 3. The van der Waals surface area contributed by atoms with Gasteiger partial charge in [-0.2, -0.15) is 10.1 Å². The number of nitrogens with one attached hydrogen (secondary N) is 1. The number of hydrogen-bond acceptors (Lipinski definition) is 7. The topological polar surface area (TPSA) is 133 Å². The second-order valence-electron chi connectivity index (χ2n) is 4.33. The highest BCUT2D eigenvalue weighted by atomic mass is 16.6. The van der Waals surface area contributed by atoms with Crippen LogP contribution in [0.2, 0.25) is 0 Å². The van der Waals surface area contributed by atoms with Crippen molar-refractivity contribution in [3.8, 4) is 0 Å². The lowest BCUT2D eigenvalue weighted by Gasteiger charge is -2.16. The van der Waals surface area contributed by atoms with Crippen LogP contribution < -0.4 is 5.69 Å². The van der Waals surface area contributed by atoms with E-state index in [-0.39, 0.29) is 0 Å². The Morgan fingerprint density at radius 1 is 1.42 bits per heavy atom. The van der Waals surface area contributed by atoms with Gasteiger partial charge in [0, 0.05) is 6.20 Å². The van der Waals surface area contributed by atoms with Gasteiger partial charge in [0.2, 0.25) is 0 Å². The second kappa shape index (κ2) is 4.38. The van der Waals surface area contributed by atoms with Crippen LogP contribution >= 0.6 is 0 Å². The molecular formula is C10H12N4O5. The van der Waals surface area contributed by atoms with Crippen LogP contribution in [-0.4, -0.2) is 60.0 Å². The fraction of sp³-hybridized carbons (Fsp3) is 0.500. The minimum absolute atomic E-state index is 0.327. The molecule has 3 rings (SSSR count). The predicted octanol–water partition coefficient (Wildman–Crippen LogP) is -2.27. The van der Waals surface area contributed by atoms with E-state index >= 15 is 0 Å². The van der Waals surface area contributed by atoms with Crippen molar-refractivity contribution in [1.82, 2.24) is 19.7 Å². The van der Waals surface area contributed by atoms with E-state index in [9.17, 15) is 15.0 Å². The molecule has 0 bridgehead atoms. The molecular weight excluding hydrogens is 256 g/mol. The van der Waals surface area contributed by atoms with Crippen molar-refractivity contribution in [2.75, 3.05) is 6.61 Å². The van der Waals surface area contributed by atoms with Gasteiger partial charge < -0.3 is 20.1 Å². The van der Waals surface area contributed by atoms with Crippen LogP contribution in [0.1, 0.15) is 6.23 Å². The number of aliphatic hydroxyl groups is 3. The van der Waals surface area contributed by atoms with Crippen LogP contribution in [0.3, 0.4) is 0 Å². The van der Waals surface area contributed by atoms with E-state index in [0.717, 1.165) is 4.57 Å². The molecule has 9 nitrogen and oxygen atoms in total. The van der Waals surface area contributed by atoms with E-state index in [1.165, 1.54) is 12.4 Å². The highest BCUT2D eigenvalue weighted by molar-refractivity contribution is 5.71. The van der Waals surface area contributed by atoms with Gasteiger partial charge in [-0.15, -0.1) is 0 Å². The average molecular weight is 268 g/mol. The fourth-order valence-corrected chi connectivity index (χ4v) is 2.12. The monoisotopic (exact) mass is 268 g/mol. The molecule has 0 radical (unpaired) electrons. The zero-order valence-electron chi connectivity index (χ0n) is 9.67. The lowest BCUT2D eigenvalue weighted by atomic mass is 10.1. The molecule has 0 aromatic carbocycles. The number of rotatable bonds is 2. The molecule has 3 heterocycles. The first-order valence-corrected chi connectivity index (χ1v) is 5.66. The van der Waals surface area contributed by atoms with Crippen molar-refractivity contribution in [3.05, 3.63) is 22.9 Å². The summed E-state index contributed by atoms with van der Waals surface area (Å²) in [5.74, 6) is 0. The van der Waals surface area contributed by atoms with E-state index in [4.69, 9.17) is 9.84 Å². The molecule has 4 N–H and O–H groups in total. The number of H-pyrrole nitrogens is 1. The molecule has 102 valence electrons. The number of aromatic amines is 1. The summed E-state index contributed by atoms with van der Waals surface area (Å²) in [6.07, 6.45) is -1.71. The average Bonchev–Trinajstić information content (AvgIpc) is 2.95. The Morgan fingerprint density at radius 2 is 2.21 bits per heavy atom. The third kappa shape index (κ3) is 1.83. The number of aromatic nitrogens is 4. The summed E-state index contributed by atoms with van der Waals surface area (Å²) >= 11 is 0. The maximum absolute atomic E-state index is 11.8. The van der Waals surface area contributed by atoms with Gasteiger partial charge in [0.1, 0.15) is 18.3 Å². The predicted molar refractivity (Wildman–Crippen MR) is 61.2 cm³/mol. The maximum atomic E-state index is 11.8. The third-order valence-electron chi connectivity index (χ3n) is 3.15. The lowest BCUT2D eigenvalue weighted by molar-refractivity contribution is -0.0547. The molecule has 1 saturated heterocycles. The van der Waals surface area contributed by atoms with Crippen LogP contribution in [-0.2, 0) is 4.74 Å². The van der Waals surface area contributed by atoms with Gasteiger partial charge in [-0.3, -0.25) is 9.67 Å².